The van der Waals surface area contributed by atoms with Crippen LogP contribution in [0.25, 0.3) is 11.3 Å². The number of anilines is 3. The molecule has 222 valence electrons. The van der Waals surface area contributed by atoms with E-state index in [9.17, 15) is 9.59 Å². The highest BCUT2D eigenvalue weighted by Crippen LogP contribution is 2.28. The van der Waals surface area contributed by atoms with E-state index in [2.05, 4.69) is 47.9 Å². The molecule has 1 atom stereocenters. The van der Waals surface area contributed by atoms with Crippen LogP contribution in [-0.4, -0.2) is 57.7 Å². The molecule has 0 saturated carbocycles. The third-order valence-corrected chi connectivity index (χ3v) is 7.29. The van der Waals surface area contributed by atoms with Gasteiger partial charge in [-0.25, -0.2) is 14.8 Å². The molecule has 0 bridgehead atoms. The van der Waals surface area contributed by atoms with E-state index in [0.29, 0.717) is 24.1 Å². The van der Waals surface area contributed by atoms with E-state index in [1.165, 1.54) is 5.56 Å². The summed E-state index contributed by atoms with van der Waals surface area (Å²) in [5, 5.41) is 9.10. The first-order valence-corrected chi connectivity index (χ1v) is 14.5. The van der Waals surface area contributed by atoms with Gasteiger partial charge in [-0.1, -0.05) is 18.2 Å². The number of aromatic nitrogens is 3. The van der Waals surface area contributed by atoms with Gasteiger partial charge < -0.3 is 20.7 Å². The number of rotatable bonds is 9. The summed E-state index contributed by atoms with van der Waals surface area (Å²) < 4.78 is 5.17. The fourth-order valence-corrected chi connectivity index (χ4v) is 5.06. The van der Waals surface area contributed by atoms with E-state index in [1.807, 2.05) is 57.2 Å². The third-order valence-electron chi connectivity index (χ3n) is 7.29. The van der Waals surface area contributed by atoms with Crippen LogP contribution in [0.15, 0.2) is 79.3 Å². The molecule has 2 aromatic carbocycles. The Kier molecular flexibility index (Phi) is 9.58. The van der Waals surface area contributed by atoms with Crippen molar-refractivity contribution in [3.63, 3.8) is 0 Å². The molecule has 3 heterocycles. The number of nitrogens with one attached hydrogen (secondary N) is 3. The summed E-state index contributed by atoms with van der Waals surface area (Å²) in [5.41, 5.74) is 5.82. The zero-order valence-corrected chi connectivity index (χ0v) is 24.7. The van der Waals surface area contributed by atoms with Crippen LogP contribution in [0.3, 0.4) is 0 Å². The van der Waals surface area contributed by atoms with E-state index < -0.39 is 6.09 Å². The van der Waals surface area contributed by atoms with Gasteiger partial charge in [-0.15, -0.1) is 0 Å². The van der Waals surface area contributed by atoms with Gasteiger partial charge in [0.15, 0.2) is 0 Å². The van der Waals surface area contributed by atoms with Gasteiger partial charge in [0.2, 0.25) is 5.95 Å². The number of nitrogens with zero attached hydrogens (tertiary/aromatic N) is 4. The number of carbonyl (C=O) groups is 2. The van der Waals surface area contributed by atoms with E-state index in [1.54, 1.807) is 30.7 Å². The number of ether oxygens (including phenoxy) is 1. The second-order valence-electron chi connectivity index (χ2n) is 10.9. The van der Waals surface area contributed by atoms with Gasteiger partial charge in [0.05, 0.1) is 18.5 Å². The minimum Gasteiger partial charge on any atom is -0.447 e. The van der Waals surface area contributed by atoms with Gasteiger partial charge >= 0.3 is 6.09 Å². The number of amides is 2. The zero-order valence-electron chi connectivity index (χ0n) is 24.7. The maximum Gasteiger partial charge on any atom is 0.408 e. The number of alkyl carbamates (subject to hydrolysis) is 1. The highest BCUT2D eigenvalue weighted by Gasteiger charge is 2.22. The van der Waals surface area contributed by atoms with Crippen LogP contribution in [0.4, 0.5) is 22.1 Å². The Labute approximate surface area is 251 Å². The smallest absolute Gasteiger partial charge is 0.408 e. The molecule has 1 saturated heterocycles. The van der Waals surface area contributed by atoms with Gasteiger partial charge in [0.25, 0.3) is 5.91 Å². The average Bonchev–Trinajstić information content (AvgIpc) is 3.02. The van der Waals surface area contributed by atoms with Crippen LogP contribution in [0, 0.1) is 6.92 Å². The minimum absolute atomic E-state index is 0.145. The van der Waals surface area contributed by atoms with Crippen LogP contribution in [0.1, 0.15) is 54.1 Å². The van der Waals surface area contributed by atoms with Crippen molar-refractivity contribution < 1.29 is 14.3 Å². The number of carbonyl (C=O) groups excluding carboxylic acids is 2. The normalized spacial score (nSPS) is 15.1. The van der Waals surface area contributed by atoms with Crippen LogP contribution < -0.4 is 16.0 Å². The maximum atomic E-state index is 13.2. The van der Waals surface area contributed by atoms with Crippen molar-refractivity contribution in [3.8, 4) is 11.3 Å². The molecule has 1 aliphatic heterocycles. The summed E-state index contributed by atoms with van der Waals surface area (Å²) in [5.74, 6) is 0.584. The third kappa shape index (κ3) is 8.14. The molecule has 1 aliphatic rings. The SMILES string of the molecule is Cc1ccc(C(=O)Nc2ccc(C3CCCN(CNC(=O)OC(C)C)C3)cc2)cc1Nc1nccc(-c2cccnc2)n1. The Morgan fingerprint density at radius 3 is 2.67 bits per heavy atom. The first-order chi connectivity index (χ1) is 20.8. The molecule has 10 nitrogen and oxygen atoms in total. The first kappa shape index (κ1) is 29.7. The summed E-state index contributed by atoms with van der Waals surface area (Å²) >= 11 is 0. The predicted octanol–water partition coefficient (Wildman–Crippen LogP) is 6.11. The Morgan fingerprint density at radius 2 is 1.91 bits per heavy atom. The molecular formula is C33H37N7O3. The largest absolute Gasteiger partial charge is 0.447 e. The van der Waals surface area contributed by atoms with Gasteiger partial charge in [0.1, 0.15) is 0 Å². The summed E-state index contributed by atoms with van der Waals surface area (Å²) in [6.45, 7) is 7.88. The lowest BCUT2D eigenvalue weighted by Crippen LogP contribution is -2.43. The highest BCUT2D eigenvalue weighted by molar-refractivity contribution is 6.05. The van der Waals surface area contributed by atoms with Gasteiger partial charge in [-0.2, -0.15) is 0 Å². The Balaban J connectivity index is 1.19. The van der Waals surface area contributed by atoms with Crippen molar-refractivity contribution in [2.75, 3.05) is 30.4 Å². The van der Waals surface area contributed by atoms with E-state index in [4.69, 9.17) is 4.74 Å². The molecule has 5 rings (SSSR count). The van der Waals surface area contributed by atoms with Gasteiger partial charge in [0, 0.05) is 47.6 Å². The van der Waals surface area contributed by atoms with Crippen molar-refractivity contribution >= 4 is 29.3 Å². The molecule has 1 unspecified atom stereocenters. The topological polar surface area (TPSA) is 121 Å². The Morgan fingerprint density at radius 1 is 1.07 bits per heavy atom. The number of benzene rings is 2. The Hall–Kier alpha value is -4.83. The zero-order chi connectivity index (χ0) is 30.2. The van der Waals surface area contributed by atoms with E-state index in [0.717, 1.165) is 54.1 Å². The fourth-order valence-electron chi connectivity index (χ4n) is 5.06. The minimum atomic E-state index is -0.392. The number of piperidine rings is 1. The molecule has 4 aromatic rings. The second kappa shape index (κ2) is 13.9. The number of hydrogen-bond acceptors (Lipinski definition) is 8. The summed E-state index contributed by atoms with van der Waals surface area (Å²) in [7, 11) is 0. The molecule has 0 aliphatic carbocycles. The number of aryl methyl sites for hydroxylation is 1. The Bertz CT molecular complexity index is 1540. The van der Waals surface area contributed by atoms with E-state index >= 15 is 0 Å². The summed E-state index contributed by atoms with van der Waals surface area (Å²) in [6.07, 6.45) is 6.76. The second-order valence-corrected chi connectivity index (χ2v) is 10.9. The molecule has 43 heavy (non-hydrogen) atoms. The number of hydrogen-bond donors (Lipinski definition) is 3. The summed E-state index contributed by atoms with van der Waals surface area (Å²) in [4.78, 5) is 40.4. The van der Waals surface area contributed by atoms with Crippen molar-refractivity contribution in [2.24, 2.45) is 0 Å². The first-order valence-electron chi connectivity index (χ1n) is 14.5. The van der Waals surface area contributed by atoms with E-state index in [-0.39, 0.29) is 12.0 Å². The lowest BCUT2D eigenvalue weighted by atomic mass is 9.90. The predicted molar refractivity (Wildman–Crippen MR) is 167 cm³/mol. The fraction of sp³-hybridized carbons (Fsp3) is 0.303. The molecule has 2 aromatic heterocycles. The molecule has 1 fully saturated rings. The van der Waals surface area contributed by atoms with Crippen molar-refractivity contribution in [2.45, 2.75) is 45.6 Å². The molecule has 0 radical (unpaired) electrons. The summed E-state index contributed by atoms with van der Waals surface area (Å²) in [6, 6.07) is 19.2. The average molecular weight is 580 g/mol. The van der Waals surface area contributed by atoms with Gasteiger partial charge in [-0.3, -0.25) is 14.7 Å². The standard InChI is InChI=1S/C33H37N7O3/c1-22(2)43-33(42)36-21-40-17-5-7-27(20-40)24-10-12-28(13-11-24)37-31(41)25-9-8-23(3)30(18-25)39-32-35-16-14-29(38-32)26-6-4-15-34-19-26/h4,6,8-16,18-19,22,27H,5,7,17,20-21H2,1-3H3,(H,36,42)(H,37,41)(H,35,38,39). The molecule has 10 heteroatoms. The van der Waals surface area contributed by atoms with Crippen LogP contribution in [0.2, 0.25) is 0 Å². The van der Waals surface area contributed by atoms with Crippen LogP contribution >= 0.6 is 0 Å². The van der Waals surface area contributed by atoms with Gasteiger partial charge in [-0.05, 0) is 99.7 Å². The van der Waals surface area contributed by atoms with Crippen molar-refractivity contribution in [1.82, 2.24) is 25.2 Å². The van der Waals surface area contributed by atoms with Crippen molar-refractivity contribution in [3.05, 3.63) is 95.9 Å². The monoisotopic (exact) mass is 579 g/mol. The number of likely N-dealkylation sites (tertiary alicyclic amines) is 1. The maximum absolute atomic E-state index is 13.2. The molecular weight excluding hydrogens is 542 g/mol. The van der Waals surface area contributed by atoms with Crippen molar-refractivity contribution in [1.29, 1.82) is 0 Å². The molecule has 2 amide bonds. The van der Waals surface area contributed by atoms with Crippen LogP contribution in [-0.2, 0) is 4.74 Å². The quantitative estimate of drug-likeness (QED) is 0.217. The number of pyridine rings is 1. The molecule has 3 N–H and O–H groups in total. The van der Waals surface area contributed by atoms with Crippen LogP contribution in [0.5, 0.6) is 0 Å². The lowest BCUT2D eigenvalue weighted by Gasteiger charge is -2.33. The lowest BCUT2D eigenvalue weighted by molar-refractivity contribution is 0.102. The molecule has 0 spiro atoms. The highest BCUT2D eigenvalue weighted by atomic mass is 16.6.